The molecule has 0 saturated heterocycles. The first-order valence-corrected chi connectivity index (χ1v) is 9.61. The van der Waals surface area contributed by atoms with E-state index < -0.39 is 0 Å². The van der Waals surface area contributed by atoms with Gasteiger partial charge >= 0.3 is 0 Å². The van der Waals surface area contributed by atoms with Crippen molar-refractivity contribution in [2.45, 2.75) is 32.2 Å². The van der Waals surface area contributed by atoms with E-state index >= 15 is 0 Å². The molecule has 0 unspecified atom stereocenters. The second-order valence-corrected chi connectivity index (χ2v) is 7.05. The van der Waals surface area contributed by atoms with E-state index in [0.717, 1.165) is 19.3 Å². The van der Waals surface area contributed by atoms with Crippen molar-refractivity contribution in [2.24, 2.45) is 0 Å². The highest BCUT2D eigenvalue weighted by molar-refractivity contribution is 5.94. The molecule has 2 rings (SSSR count). The number of carbonyl (C=O) groups excluding carboxylic acids is 3. The van der Waals surface area contributed by atoms with Gasteiger partial charge in [0, 0.05) is 13.1 Å². The van der Waals surface area contributed by atoms with Crippen LogP contribution in [0.1, 0.15) is 26.2 Å². The predicted octanol–water partition coefficient (Wildman–Crippen LogP) is 1.08. The van der Waals surface area contributed by atoms with Gasteiger partial charge in [-0.25, -0.2) is 0 Å². The third-order valence-electron chi connectivity index (χ3n) is 4.40. The fraction of sp³-hybridized carbons (Fsp3) is 0.550. The molecule has 0 atom stereocenters. The molecule has 0 radical (unpaired) electrons. The van der Waals surface area contributed by atoms with Gasteiger partial charge in [0.1, 0.15) is 5.75 Å². The maximum atomic E-state index is 12.5. The molecule has 0 bridgehead atoms. The highest BCUT2D eigenvalue weighted by atomic mass is 16.5. The molecule has 0 aliphatic heterocycles. The maximum Gasteiger partial charge on any atom is 0.239 e. The summed E-state index contributed by atoms with van der Waals surface area (Å²) in [4.78, 5) is 39.9. The van der Waals surface area contributed by atoms with Crippen LogP contribution < -0.4 is 15.4 Å². The Bertz CT molecular complexity index is 691. The van der Waals surface area contributed by atoms with Crippen LogP contribution in [0.2, 0.25) is 0 Å². The number of ether oxygens (including phenoxy) is 1. The minimum atomic E-state index is -0.222. The Labute approximate surface area is 166 Å². The number of anilines is 1. The van der Waals surface area contributed by atoms with Crippen LogP contribution in [-0.4, -0.2) is 73.9 Å². The van der Waals surface area contributed by atoms with Gasteiger partial charge < -0.3 is 20.3 Å². The number of benzene rings is 1. The molecule has 8 heteroatoms. The zero-order valence-electron chi connectivity index (χ0n) is 16.9. The molecule has 8 nitrogen and oxygen atoms in total. The van der Waals surface area contributed by atoms with Gasteiger partial charge in [0.2, 0.25) is 17.7 Å². The molecule has 1 aromatic carbocycles. The Morgan fingerprint density at radius 1 is 1.11 bits per heavy atom. The molecular formula is C20H30N4O4. The number of likely N-dealkylation sites (N-methyl/N-ethyl adjacent to an activating group) is 1. The van der Waals surface area contributed by atoms with Crippen LogP contribution in [0.4, 0.5) is 5.69 Å². The Balaban J connectivity index is 1.85. The molecule has 0 heterocycles. The fourth-order valence-corrected chi connectivity index (χ4v) is 2.79. The summed E-state index contributed by atoms with van der Waals surface area (Å²) in [7, 11) is 3.15. The van der Waals surface area contributed by atoms with Crippen molar-refractivity contribution in [2.75, 3.05) is 45.7 Å². The molecule has 0 spiro atoms. The first-order chi connectivity index (χ1) is 13.4. The van der Waals surface area contributed by atoms with Crippen molar-refractivity contribution >= 4 is 23.4 Å². The fourth-order valence-electron chi connectivity index (χ4n) is 2.79. The number of nitrogens with one attached hydrogen (secondary N) is 2. The van der Waals surface area contributed by atoms with Crippen LogP contribution in [-0.2, 0) is 14.4 Å². The minimum Gasteiger partial charge on any atom is -0.495 e. The zero-order valence-corrected chi connectivity index (χ0v) is 16.9. The highest BCUT2D eigenvalue weighted by Crippen LogP contribution is 2.22. The smallest absolute Gasteiger partial charge is 0.239 e. The molecule has 28 heavy (non-hydrogen) atoms. The van der Waals surface area contributed by atoms with Crippen molar-refractivity contribution in [1.82, 2.24) is 15.1 Å². The second kappa shape index (κ2) is 10.7. The zero-order chi connectivity index (χ0) is 20.5. The Morgan fingerprint density at radius 2 is 1.82 bits per heavy atom. The Morgan fingerprint density at radius 3 is 2.46 bits per heavy atom. The number of para-hydroxylation sites is 2. The monoisotopic (exact) mass is 390 g/mol. The van der Waals surface area contributed by atoms with Crippen molar-refractivity contribution in [3.05, 3.63) is 24.3 Å². The van der Waals surface area contributed by atoms with Crippen LogP contribution in [0.25, 0.3) is 0 Å². The van der Waals surface area contributed by atoms with E-state index in [-0.39, 0.29) is 43.4 Å². The average molecular weight is 390 g/mol. The SMILES string of the molecule is CCCN(CC(=O)Nc1ccccc1OC)CC(=O)N(C)CC(=O)NC1CC1. The van der Waals surface area contributed by atoms with Crippen LogP contribution in [0.15, 0.2) is 24.3 Å². The van der Waals surface area contributed by atoms with Crippen LogP contribution in [0.5, 0.6) is 5.75 Å². The van der Waals surface area contributed by atoms with E-state index in [1.807, 2.05) is 19.1 Å². The molecule has 1 aliphatic carbocycles. The van der Waals surface area contributed by atoms with Gasteiger partial charge in [0.25, 0.3) is 0 Å². The van der Waals surface area contributed by atoms with E-state index in [4.69, 9.17) is 4.74 Å². The number of carbonyl (C=O) groups is 3. The summed E-state index contributed by atoms with van der Waals surface area (Å²) in [6.45, 7) is 2.79. The summed E-state index contributed by atoms with van der Waals surface area (Å²) < 4.78 is 5.24. The number of hydrogen-bond donors (Lipinski definition) is 2. The van der Waals surface area contributed by atoms with E-state index in [9.17, 15) is 14.4 Å². The third-order valence-corrected chi connectivity index (χ3v) is 4.40. The lowest BCUT2D eigenvalue weighted by atomic mass is 10.3. The van der Waals surface area contributed by atoms with E-state index in [1.165, 1.54) is 4.90 Å². The molecule has 2 N–H and O–H groups in total. The number of nitrogens with zero attached hydrogens (tertiary/aromatic N) is 2. The first-order valence-electron chi connectivity index (χ1n) is 9.61. The lowest BCUT2D eigenvalue weighted by Crippen LogP contribution is -2.45. The number of rotatable bonds is 11. The van der Waals surface area contributed by atoms with Crippen LogP contribution in [0.3, 0.4) is 0 Å². The summed E-state index contributed by atoms with van der Waals surface area (Å²) >= 11 is 0. The first kappa shape index (κ1) is 21.7. The largest absolute Gasteiger partial charge is 0.495 e. The second-order valence-electron chi connectivity index (χ2n) is 7.05. The third kappa shape index (κ3) is 7.19. The van der Waals surface area contributed by atoms with Gasteiger partial charge in [-0.1, -0.05) is 19.1 Å². The molecule has 1 aromatic rings. The molecule has 1 fully saturated rings. The van der Waals surface area contributed by atoms with Crippen LogP contribution >= 0.6 is 0 Å². The van der Waals surface area contributed by atoms with Gasteiger partial charge in [0.15, 0.2) is 0 Å². The summed E-state index contributed by atoms with van der Waals surface area (Å²) in [6, 6.07) is 7.44. The predicted molar refractivity (Wildman–Crippen MR) is 107 cm³/mol. The van der Waals surface area contributed by atoms with Gasteiger partial charge in [0.05, 0.1) is 32.4 Å². The standard InChI is InChI=1S/C20H30N4O4/c1-4-11-24(13-19(26)22-16-7-5-6-8-17(16)28-3)14-20(27)23(2)12-18(25)21-15-9-10-15/h5-8,15H,4,9-14H2,1-3H3,(H,21,25)(H,22,26). The van der Waals surface area contributed by atoms with Crippen molar-refractivity contribution in [1.29, 1.82) is 0 Å². The van der Waals surface area contributed by atoms with Crippen molar-refractivity contribution in [3.8, 4) is 5.75 Å². The summed E-state index contributed by atoms with van der Waals surface area (Å²) in [6.07, 6.45) is 2.82. The Hall–Kier alpha value is -2.61. The molecule has 154 valence electrons. The normalized spacial score (nSPS) is 13.1. The minimum absolute atomic E-state index is 0.0305. The lowest BCUT2D eigenvalue weighted by molar-refractivity contribution is -0.136. The van der Waals surface area contributed by atoms with E-state index in [2.05, 4.69) is 10.6 Å². The average Bonchev–Trinajstić information content (AvgIpc) is 3.45. The lowest BCUT2D eigenvalue weighted by Gasteiger charge is -2.24. The van der Waals surface area contributed by atoms with Gasteiger partial charge in [-0.2, -0.15) is 0 Å². The number of hydrogen-bond acceptors (Lipinski definition) is 5. The molecule has 3 amide bonds. The summed E-state index contributed by atoms with van der Waals surface area (Å²) in [5.74, 6) is 0.0223. The highest BCUT2D eigenvalue weighted by Gasteiger charge is 2.25. The van der Waals surface area contributed by atoms with Crippen molar-refractivity contribution in [3.63, 3.8) is 0 Å². The maximum absolute atomic E-state index is 12.5. The molecular weight excluding hydrogens is 360 g/mol. The van der Waals surface area contributed by atoms with Crippen LogP contribution in [0, 0.1) is 0 Å². The van der Waals surface area contributed by atoms with Gasteiger partial charge in [-0.05, 0) is 37.9 Å². The Kier molecular flexibility index (Phi) is 8.25. The molecule has 0 aromatic heterocycles. The number of amides is 3. The summed E-state index contributed by atoms with van der Waals surface area (Å²) in [5, 5.41) is 5.68. The quantitative estimate of drug-likeness (QED) is 0.590. The number of methoxy groups -OCH3 is 1. The van der Waals surface area contributed by atoms with E-state index in [1.54, 1.807) is 31.2 Å². The molecule has 1 aliphatic rings. The van der Waals surface area contributed by atoms with Crippen molar-refractivity contribution < 1.29 is 19.1 Å². The topological polar surface area (TPSA) is 91.0 Å². The molecule has 1 saturated carbocycles. The van der Waals surface area contributed by atoms with E-state index in [0.29, 0.717) is 18.0 Å². The van der Waals surface area contributed by atoms with Gasteiger partial charge in [-0.15, -0.1) is 0 Å². The summed E-state index contributed by atoms with van der Waals surface area (Å²) in [5.41, 5.74) is 0.589. The van der Waals surface area contributed by atoms with Gasteiger partial charge in [-0.3, -0.25) is 19.3 Å².